The van der Waals surface area contributed by atoms with E-state index in [1.807, 2.05) is 6.92 Å². The minimum atomic E-state index is 0.350. The highest BCUT2D eigenvalue weighted by Crippen LogP contribution is 2.33. The minimum absolute atomic E-state index is 0.350. The summed E-state index contributed by atoms with van der Waals surface area (Å²) < 4.78 is 5.54. The molecule has 0 radical (unpaired) electrons. The lowest BCUT2D eigenvalue weighted by atomic mass is 10.1. The predicted octanol–water partition coefficient (Wildman–Crippen LogP) is 5.01. The Morgan fingerprint density at radius 3 is 2.26 bits per heavy atom. The van der Waals surface area contributed by atoms with Crippen LogP contribution in [0, 0.1) is 6.92 Å². The Balaban J connectivity index is 2.52. The Bertz CT molecular complexity index is 756. The van der Waals surface area contributed by atoms with Gasteiger partial charge in [0.25, 0.3) is 5.88 Å². The van der Waals surface area contributed by atoms with E-state index in [1.54, 1.807) is 7.11 Å². The highest BCUT2D eigenvalue weighted by atomic mass is 16.5. The van der Waals surface area contributed by atoms with Crippen LogP contribution in [-0.2, 0) is 0 Å². The molecule has 0 aliphatic rings. The van der Waals surface area contributed by atoms with E-state index >= 15 is 0 Å². The molecule has 2 N–H and O–H groups in total. The van der Waals surface area contributed by atoms with Gasteiger partial charge in [0.15, 0.2) is 5.82 Å². The standard InChI is InChI=1S/C21H33N5O/c1-8-15(9-2)24-20-21(27-7)26-18(14(6)23-20)16-11-12-17(13(4)5)25-19(16)22-10-3/h11-13,15H,8-10H2,1-7H3,(H,22,25)(H,23,24). The zero-order chi connectivity index (χ0) is 20.0. The van der Waals surface area contributed by atoms with Crippen LogP contribution in [0.5, 0.6) is 5.88 Å². The fraction of sp³-hybridized carbons (Fsp3) is 0.571. The maximum Gasteiger partial charge on any atom is 0.257 e. The second kappa shape index (κ2) is 9.53. The maximum absolute atomic E-state index is 5.54. The van der Waals surface area contributed by atoms with Gasteiger partial charge in [0.05, 0.1) is 18.5 Å². The number of nitrogens with zero attached hydrogens (tertiary/aromatic N) is 3. The molecule has 2 heterocycles. The van der Waals surface area contributed by atoms with E-state index in [2.05, 4.69) is 57.4 Å². The van der Waals surface area contributed by atoms with Crippen LogP contribution in [0.4, 0.5) is 11.6 Å². The molecule has 0 saturated heterocycles. The van der Waals surface area contributed by atoms with E-state index in [1.165, 1.54) is 0 Å². The number of methoxy groups -OCH3 is 1. The fourth-order valence-corrected chi connectivity index (χ4v) is 2.97. The van der Waals surface area contributed by atoms with E-state index in [0.717, 1.165) is 47.8 Å². The normalized spacial score (nSPS) is 11.1. The van der Waals surface area contributed by atoms with Gasteiger partial charge < -0.3 is 15.4 Å². The van der Waals surface area contributed by atoms with Crippen LogP contribution in [-0.4, -0.2) is 34.6 Å². The number of pyridine rings is 1. The zero-order valence-corrected chi connectivity index (χ0v) is 17.7. The van der Waals surface area contributed by atoms with Crippen LogP contribution in [0.15, 0.2) is 12.1 Å². The first-order valence-corrected chi connectivity index (χ1v) is 9.89. The molecule has 0 aliphatic heterocycles. The molecular formula is C21H33N5O. The highest BCUT2D eigenvalue weighted by molar-refractivity contribution is 5.75. The number of ether oxygens (including phenoxy) is 1. The van der Waals surface area contributed by atoms with Gasteiger partial charge in [-0.1, -0.05) is 27.7 Å². The molecule has 2 aromatic rings. The Kier molecular flexibility index (Phi) is 7.39. The van der Waals surface area contributed by atoms with E-state index in [4.69, 9.17) is 19.7 Å². The molecule has 0 unspecified atom stereocenters. The predicted molar refractivity (Wildman–Crippen MR) is 113 cm³/mol. The molecule has 27 heavy (non-hydrogen) atoms. The zero-order valence-electron chi connectivity index (χ0n) is 17.7. The van der Waals surface area contributed by atoms with Crippen molar-refractivity contribution >= 4 is 11.6 Å². The van der Waals surface area contributed by atoms with E-state index in [0.29, 0.717) is 23.7 Å². The van der Waals surface area contributed by atoms with Crippen molar-refractivity contribution in [2.75, 3.05) is 24.3 Å². The quantitative estimate of drug-likeness (QED) is 0.645. The molecule has 2 aromatic heterocycles. The summed E-state index contributed by atoms with van der Waals surface area (Å²) in [6.45, 7) is 13.4. The molecule has 6 heteroatoms. The van der Waals surface area contributed by atoms with Gasteiger partial charge in [-0.3, -0.25) is 0 Å². The maximum atomic E-state index is 5.54. The van der Waals surface area contributed by atoms with Crippen molar-refractivity contribution in [2.45, 2.75) is 66.3 Å². The first-order chi connectivity index (χ1) is 12.9. The summed E-state index contributed by atoms with van der Waals surface area (Å²) in [6, 6.07) is 4.48. The summed E-state index contributed by atoms with van der Waals surface area (Å²) in [5.41, 5.74) is 3.64. The van der Waals surface area contributed by atoms with Crippen molar-refractivity contribution in [1.82, 2.24) is 15.0 Å². The lowest BCUT2D eigenvalue weighted by molar-refractivity contribution is 0.397. The number of aryl methyl sites for hydroxylation is 1. The molecule has 0 bridgehead atoms. The average Bonchev–Trinajstić information content (AvgIpc) is 2.66. The lowest BCUT2D eigenvalue weighted by Crippen LogP contribution is -2.19. The van der Waals surface area contributed by atoms with Crippen LogP contribution < -0.4 is 15.4 Å². The number of hydrogen-bond acceptors (Lipinski definition) is 6. The number of hydrogen-bond donors (Lipinski definition) is 2. The van der Waals surface area contributed by atoms with E-state index < -0.39 is 0 Å². The number of anilines is 2. The monoisotopic (exact) mass is 371 g/mol. The number of nitrogens with one attached hydrogen (secondary N) is 2. The molecule has 148 valence electrons. The van der Waals surface area contributed by atoms with Crippen LogP contribution in [0.3, 0.4) is 0 Å². The first-order valence-electron chi connectivity index (χ1n) is 9.89. The third-order valence-corrected chi connectivity index (χ3v) is 4.67. The Morgan fingerprint density at radius 1 is 1.00 bits per heavy atom. The van der Waals surface area contributed by atoms with Crippen LogP contribution in [0.2, 0.25) is 0 Å². The molecule has 2 rings (SSSR count). The smallest absolute Gasteiger partial charge is 0.257 e. The molecule has 6 nitrogen and oxygen atoms in total. The summed E-state index contributed by atoms with van der Waals surface area (Å²) in [5, 5.41) is 6.82. The van der Waals surface area contributed by atoms with Crippen molar-refractivity contribution in [1.29, 1.82) is 0 Å². The van der Waals surface area contributed by atoms with Crippen LogP contribution >= 0.6 is 0 Å². The molecule has 0 aliphatic carbocycles. The van der Waals surface area contributed by atoms with Gasteiger partial charge in [-0.25, -0.2) is 15.0 Å². The minimum Gasteiger partial charge on any atom is -0.478 e. The van der Waals surface area contributed by atoms with E-state index in [9.17, 15) is 0 Å². The third kappa shape index (κ3) is 4.87. The second-order valence-electron chi connectivity index (χ2n) is 6.99. The third-order valence-electron chi connectivity index (χ3n) is 4.67. The Morgan fingerprint density at radius 2 is 1.70 bits per heavy atom. The van der Waals surface area contributed by atoms with Gasteiger partial charge in [0.2, 0.25) is 0 Å². The molecule has 0 saturated carbocycles. The van der Waals surface area contributed by atoms with Gasteiger partial charge in [-0.15, -0.1) is 0 Å². The van der Waals surface area contributed by atoms with Gasteiger partial charge in [-0.2, -0.15) is 0 Å². The summed E-state index contributed by atoms with van der Waals surface area (Å²) in [4.78, 5) is 14.3. The largest absolute Gasteiger partial charge is 0.478 e. The topological polar surface area (TPSA) is 72.0 Å². The van der Waals surface area contributed by atoms with Crippen molar-refractivity contribution in [2.24, 2.45) is 0 Å². The average molecular weight is 372 g/mol. The van der Waals surface area contributed by atoms with Gasteiger partial charge in [-0.05, 0) is 44.7 Å². The van der Waals surface area contributed by atoms with E-state index in [-0.39, 0.29) is 0 Å². The van der Waals surface area contributed by atoms with Crippen molar-refractivity contribution in [3.8, 4) is 17.1 Å². The SMILES string of the molecule is CCNc1nc(C(C)C)ccc1-c1nc(OC)c(NC(CC)CC)nc1C. The van der Waals surface area contributed by atoms with Crippen molar-refractivity contribution < 1.29 is 4.74 Å². The Labute approximate surface area is 163 Å². The molecule has 0 fully saturated rings. The molecule has 0 atom stereocenters. The number of rotatable bonds is 9. The fourth-order valence-electron chi connectivity index (χ4n) is 2.97. The number of aromatic nitrogens is 3. The van der Waals surface area contributed by atoms with Crippen LogP contribution in [0.1, 0.15) is 64.8 Å². The lowest BCUT2D eigenvalue weighted by Gasteiger charge is -2.19. The first kappa shape index (κ1) is 20.9. The molecule has 0 amide bonds. The van der Waals surface area contributed by atoms with Gasteiger partial charge in [0.1, 0.15) is 5.82 Å². The molecular weight excluding hydrogens is 338 g/mol. The second-order valence-corrected chi connectivity index (χ2v) is 6.99. The summed E-state index contributed by atoms with van der Waals surface area (Å²) >= 11 is 0. The highest BCUT2D eigenvalue weighted by Gasteiger charge is 2.18. The molecule has 0 aromatic carbocycles. The summed E-state index contributed by atoms with van der Waals surface area (Å²) in [7, 11) is 1.63. The summed E-state index contributed by atoms with van der Waals surface area (Å²) in [5.74, 6) is 2.41. The van der Waals surface area contributed by atoms with Crippen LogP contribution in [0.25, 0.3) is 11.3 Å². The van der Waals surface area contributed by atoms with Gasteiger partial charge in [0, 0.05) is 23.8 Å². The summed E-state index contributed by atoms with van der Waals surface area (Å²) in [6.07, 6.45) is 2.04. The van der Waals surface area contributed by atoms with Crippen molar-refractivity contribution in [3.05, 3.63) is 23.5 Å². The van der Waals surface area contributed by atoms with Crippen molar-refractivity contribution in [3.63, 3.8) is 0 Å². The molecule has 0 spiro atoms. The van der Waals surface area contributed by atoms with Gasteiger partial charge >= 0.3 is 0 Å². The Hall–Kier alpha value is -2.37.